The molecule has 2 aromatic rings. The Hall–Kier alpha value is -2.10. The molecule has 0 atom stereocenters. The molecule has 0 saturated carbocycles. The second-order valence-electron chi connectivity index (χ2n) is 4.34. The molecule has 0 radical (unpaired) electrons. The first kappa shape index (κ1) is 13.3. The van der Waals surface area contributed by atoms with Crippen LogP contribution in [0.4, 0.5) is 14.5 Å². The van der Waals surface area contributed by atoms with Gasteiger partial charge in [-0.15, -0.1) is 0 Å². The summed E-state index contributed by atoms with van der Waals surface area (Å²) in [4.78, 5) is 0. The van der Waals surface area contributed by atoms with Crippen LogP contribution in [0.2, 0.25) is 0 Å². The highest BCUT2D eigenvalue weighted by Crippen LogP contribution is 2.19. The van der Waals surface area contributed by atoms with Crippen LogP contribution in [0.25, 0.3) is 0 Å². The standard InChI is InChI=1S/C15H15F2NO/c1-10-5-12(16)8-13(6-10)18-9-11-3-4-15(19-2)14(17)7-11/h3-8,18H,9H2,1-2H3. The summed E-state index contributed by atoms with van der Waals surface area (Å²) in [5, 5.41) is 3.06. The van der Waals surface area contributed by atoms with Crippen LogP contribution in [0.3, 0.4) is 0 Å². The molecule has 0 bridgehead atoms. The monoisotopic (exact) mass is 263 g/mol. The Morgan fingerprint density at radius 3 is 2.53 bits per heavy atom. The molecule has 0 aliphatic carbocycles. The normalized spacial score (nSPS) is 10.3. The lowest BCUT2D eigenvalue weighted by Crippen LogP contribution is -2.01. The second kappa shape index (κ2) is 5.69. The van der Waals surface area contributed by atoms with E-state index >= 15 is 0 Å². The van der Waals surface area contributed by atoms with Gasteiger partial charge < -0.3 is 10.1 Å². The van der Waals surface area contributed by atoms with Crippen LogP contribution >= 0.6 is 0 Å². The number of methoxy groups -OCH3 is 1. The van der Waals surface area contributed by atoms with Crippen molar-refractivity contribution < 1.29 is 13.5 Å². The topological polar surface area (TPSA) is 21.3 Å². The van der Waals surface area contributed by atoms with E-state index in [9.17, 15) is 8.78 Å². The average Bonchev–Trinajstić information content (AvgIpc) is 2.35. The zero-order valence-corrected chi connectivity index (χ0v) is 10.8. The molecular weight excluding hydrogens is 248 g/mol. The van der Waals surface area contributed by atoms with Gasteiger partial charge in [-0.1, -0.05) is 6.07 Å². The summed E-state index contributed by atoms with van der Waals surface area (Å²) in [5.74, 6) is -0.481. The quantitative estimate of drug-likeness (QED) is 0.903. The van der Waals surface area contributed by atoms with E-state index in [0.29, 0.717) is 12.2 Å². The minimum absolute atomic E-state index is 0.213. The minimum Gasteiger partial charge on any atom is -0.494 e. The lowest BCUT2D eigenvalue weighted by Gasteiger charge is -2.09. The van der Waals surface area contributed by atoms with Crippen LogP contribution in [-0.4, -0.2) is 7.11 Å². The highest BCUT2D eigenvalue weighted by molar-refractivity contribution is 5.46. The van der Waals surface area contributed by atoms with Gasteiger partial charge in [0.15, 0.2) is 11.6 Å². The number of anilines is 1. The molecular formula is C15H15F2NO. The van der Waals surface area contributed by atoms with Gasteiger partial charge in [0.05, 0.1) is 7.11 Å². The van der Waals surface area contributed by atoms with Crippen LogP contribution in [0.1, 0.15) is 11.1 Å². The van der Waals surface area contributed by atoms with Gasteiger partial charge in [0.25, 0.3) is 0 Å². The Balaban J connectivity index is 2.08. The fourth-order valence-corrected chi connectivity index (χ4v) is 1.86. The van der Waals surface area contributed by atoms with Crippen molar-refractivity contribution in [3.05, 3.63) is 59.2 Å². The van der Waals surface area contributed by atoms with E-state index in [0.717, 1.165) is 11.1 Å². The molecule has 0 aromatic heterocycles. The molecule has 2 aromatic carbocycles. The smallest absolute Gasteiger partial charge is 0.165 e. The maximum Gasteiger partial charge on any atom is 0.165 e. The molecule has 2 nitrogen and oxygen atoms in total. The SMILES string of the molecule is COc1ccc(CNc2cc(C)cc(F)c2)cc1F. The van der Waals surface area contributed by atoms with Gasteiger partial charge in [0.1, 0.15) is 5.82 Å². The van der Waals surface area contributed by atoms with E-state index in [1.54, 1.807) is 12.1 Å². The predicted molar refractivity (Wildman–Crippen MR) is 71.4 cm³/mol. The van der Waals surface area contributed by atoms with Crippen LogP contribution in [0.15, 0.2) is 36.4 Å². The molecule has 0 unspecified atom stereocenters. The Kier molecular flexibility index (Phi) is 4.00. The van der Waals surface area contributed by atoms with E-state index in [1.807, 2.05) is 13.0 Å². The summed E-state index contributed by atoms with van der Waals surface area (Å²) in [6.07, 6.45) is 0. The van der Waals surface area contributed by atoms with Crippen molar-refractivity contribution in [3.8, 4) is 5.75 Å². The van der Waals surface area contributed by atoms with Crippen LogP contribution in [0, 0.1) is 18.6 Å². The van der Waals surface area contributed by atoms with E-state index < -0.39 is 5.82 Å². The van der Waals surface area contributed by atoms with Crippen LogP contribution < -0.4 is 10.1 Å². The molecule has 0 aliphatic heterocycles. The molecule has 100 valence electrons. The molecule has 0 saturated heterocycles. The maximum absolute atomic E-state index is 13.5. The highest BCUT2D eigenvalue weighted by atomic mass is 19.1. The van der Waals surface area contributed by atoms with Crippen LogP contribution in [-0.2, 0) is 6.54 Å². The van der Waals surface area contributed by atoms with Crippen molar-refractivity contribution in [3.63, 3.8) is 0 Å². The van der Waals surface area contributed by atoms with Gasteiger partial charge >= 0.3 is 0 Å². The lowest BCUT2D eigenvalue weighted by atomic mass is 10.2. The molecule has 0 amide bonds. The number of aryl methyl sites for hydroxylation is 1. The van der Waals surface area contributed by atoms with Crippen molar-refractivity contribution in [1.82, 2.24) is 0 Å². The molecule has 19 heavy (non-hydrogen) atoms. The molecule has 0 fully saturated rings. The second-order valence-corrected chi connectivity index (χ2v) is 4.34. The van der Waals surface area contributed by atoms with Crippen molar-refractivity contribution in [1.29, 1.82) is 0 Å². The average molecular weight is 263 g/mol. The van der Waals surface area contributed by atoms with E-state index in [1.165, 1.54) is 25.3 Å². The minimum atomic E-state index is -0.405. The Morgan fingerprint density at radius 2 is 1.89 bits per heavy atom. The number of hydrogen-bond acceptors (Lipinski definition) is 2. The Bertz CT molecular complexity index is 564. The number of hydrogen-bond donors (Lipinski definition) is 1. The van der Waals surface area contributed by atoms with Gasteiger partial charge in [0.2, 0.25) is 0 Å². The Labute approximate surface area is 111 Å². The third-order valence-corrected chi connectivity index (χ3v) is 2.75. The van der Waals surface area contributed by atoms with Crippen molar-refractivity contribution in [2.45, 2.75) is 13.5 Å². The van der Waals surface area contributed by atoms with Gasteiger partial charge in [-0.2, -0.15) is 0 Å². The van der Waals surface area contributed by atoms with Gasteiger partial charge in [-0.3, -0.25) is 0 Å². The zero-order valence-electron chi connectivity index (χ0n) is 10.8. The van der Waals surface area contributed by atoms with Gasteiger partial charge in [-0.05, 0) is 48.4 Å². The fraction of sp³-hybridized carbons (Fsp3) is 0.200. The summed E-state index contributed by atoms with van der Waals surface area (Å²) in [7, 11) is 1.42. The van der Waals surface area contributed by atoms with Crippen LogP contribution in [0.5, 0.6) is 5.75 Å². The zero-order chi connectivity index (χ0) is 13.8. The van der Waals surface area contributed by atoms with Gasteiger partial charge in [-0.25, -0.2) is 8.78 Å². The summed E-state index contributed by atoms with van der Waals surface area (Å²) in [5.41, 5.74) is 2.28. The lowest BCUT2D eigenvalue weighted by molar-refractivity contribution is 0.386. The molecule has 2 rings (SSSR count). The molecule has 1 N–H and O–H groups in total. The number of ether oxygens (including phenoxy) is 1. The van der Waals surface area contributed by atoms with Crippen molar-refractivity contribution >= 4 is 5.69 Å². The van der Waals surface area contributed by atoms with Gasteiger partial charge in [0, 0.05) is 12.2 Å². The number of nitrogens with one attached hydrogen (secondary N) is 1. The summed E-state index contributed by atoms with van der Waals surface area (Å²) in [6, 6.07) is 9.44. The molecule has 0 heterocycles. The van der Waals surface area contributed by atoms with Crippen molar-refractivity contribution in [2.75, 3.05) is 12.4 Å². The van der Waals surface area contributed by atoms with E-state index in [4.69, 9.17) is 4.74 Å². The summed E-state index contributed by atoms with van der Waals surface area (Å²) in [6.45, 7) is 2.24. The summed E-state index contributed by atoms with van der Waals surface area (Å²) >= 11 is 0. The summed E-state index contributed by atoms with van der Waals surface area (Å²) < 4.78 is 31.5. The molecule has 0 spiro atoms. The third-order valence-electron chi connectivity index (χ3n) is 2.75. The van der Waals surface area contributed by atoms with E-state index in [2.05, 4.69) is 5.32 Å². The third kappa shape index (κ3) is 3.44. The predicted octanol–water partition coefficient (Wildman–Crippen LogP) is 3.89. The first-order valence-corrected chi connectivity index (χ1v) is 5.92. The fourth-order valence-electron chi connectivity index (χ4n) is 1.86. The largest absolute Gasteiger partial charge is 0.494 e. The first-order valence-electron chi connectivity index (χ1n) is 5.92. The number of rotatable bonds is 4. The highest BCUT2D eigenvalue weighted by Gasteiger charge is 2.04. The Morgan fingerprint density at radius 1 is 1.11 bits per heavy atom. The van der Waals surface area contributed by atoms with E-state index in [-0.39, 0.29) is 11.6 Å². The number of halogens is 2. The maximum atomic E-state index is 13.5. The first-order chi connectivity index (χ1) is 9.08. The molecule has 0 aliphatic rings. The molecule has 4 heteroatoms. The number of benzene rings is 2. The van der Waals surface area contributed by atoms with Crippen molar-refractivity contribution in [2.24, 2.45) is 0 Å².